The van der Waals surface area contributed by atoms with E-state index >= 15 is 0 Å². The highest BCUT2D eigenvalue weighted by molar-refractivity contribution is 5.83. The molecule has 4 saturated heterocycles. The third kappa shape index (κ3) is 4.52. The number of piperidine rings is 2. The molecule has 10 heteroatoms. The van der Waals surface area contributed by atoms with Gasteiger partial charge >= 0.3 is 0 Å². The maximum Gasteiger partial charge on any atom is 0.249 e. The number of carbonyl (C=O) groups excluding carboxylic acids is 2. The third-order valence-electron chi connectivity index (χ3n) is 11.7. The van der Waals surface area contributed by atoms with Gasteiger partial charge < -0.3 is 39.2 Å². The number of carbonyl (C=O) groups is 2. The van der Waals surface area contributed by atoms with Gasteiger partial charge in [-0.15, -0.1) is 0 Å². The van der Waals surface area contributed by atoms with Crippen molar-refractivity contribution in [2.45, 2.75) is 126 Å². The highest BCUT2D eigenvalue weighted by Gasteiger charge is 2.64. The quantitative estimate of drug-likeness (QED) is 0.504. The Labute approximate surface area is 237 Å². The Morgan fingerprint density at radius 3 is 2.65 bits per heavy atom. The Kier molecular flexibility index (Phi) is 7.62. The number of fused-ring (bicyclic) bond motifs is 6. The second-order valence-electron chi connectivity index (χ2n) is 13.4. The summed E-state index contributed by atoms with van der Waals surface area (Å²) >= 11 is 0. The standard InChI is InChI=1S/C30H47N3O7/c1-15(29(34)32-16-4-8-22-24(12-16)39-14-38-22)40-17-5-7-21-20(13-17)18-10-11-31-26-19-6-9-23(36-2)28(37-3)25(19)30(35)33(21)27(18)26/h15-28,31H,4-14H2,1-3H3,(H,32,34)/t15-,16?,17?,18?,19?,20?,21?,22?,23?,24?,25?,26?,27?,28?/m1/s1. The molecule has 2 N–H and O–H groups in total. The Bertz CT molecular complexity index is 968. The summed E-state index contributed by atoms with van der Waals surface area (Å²) in [6, 6.07) is 0.929. The third-order valence-corrected chi connectivity index (χ3v) is 11.7. The van der Waals surface area contributed by atoms with E-state index in [9.17, 15) is 9.59 Å². The molecule has 0 aromatic rings. The van der Waals surface area contributed by atoms with Crippen LogP contribution in [0.1, 0.15) is 64.7 Å². The van der Waals surface area contributed by atoms with E-state index in [1.807, 2.05) is 6.92 Å². The molecule has 3 aliphatic carbocycles. The van der Waals surface area contributed by atoms with Gasteiger partial charge in [0.1, 0.15) is 12.9 Å². The minimum absolute atomic E-state index is 0.0321. The van der Waals surface area contributed by atoms with Crippen molar-refractivity contribution in [2.24, 2.45) is 23.7 Å². The van der Waals surface area contributed by atoms with Crippen LogP contribution in [-0.4, -0.2) is 105 Å². The fourth-order valence-corrected chi connectivity index (χ4v) is 9.94. The van der Waals surface area contributed by atoms with Gasteiger partial charge in [0.2, 0.25) is 11.8 Å². The summed E-state index contributed by atoms with van der Waals surface area (Å²) in [5, 5.41) is 7.06. The number of ether oxygens (including phenoxy) is 5. The molecule has 0 aromatic carbocycles. The monoisotopic (exact) mass is 561 g/mol. The number of nitrogens with zero attached hydrogens (tertiary/aromatic N) is 1. The van der Waals surface area contributed by atoms with Crippen molar-refractivity contribution in [3.05, 3.63) is 0 Å². The van der Waals surface area contributed by atoms with Crippen LogP contribution in [0.4, 0.5) is 0 Å². The highest BCUT2D eigenvalue weighted by Crippen LogP contribution is 2.54. The molecule has 13 unspecified atom stereocenters. The van der Waals surface area contributed by atoms with Crippen molar-refractivity contribution in [1.29, 1.82) is 0 Å². The van der Waals surface area contributed by atoms with E-state index in [-0.39, 0.29) is 66.4 Å². The fraction of sp³-hybridized carbons (Fsp3) is 0.933. The van der Waals surface area contributed by atoms with Crippen LogP contribution in [-0.2, 0) is 33.3 Å². The van der Waals surface area contributed by atoms with Crippen molar-refractivity contribution in [3.63, 3.8) is 0 Å². The van der Waals surface area contributed by atoms with Crippen molar-refractivity contribution in [1.82, 2.24) is 15.5 Å². The molecule has 3 saturated carbocycles. The van der Waals surface area contributed by atoms with Gasteiger partial charge in [-0.3, -0.25) is 9.59 Å². The molecule has 0 aromatic heterocycles. The number of nitrogens with one attached hydrogen (secondary N) is 2. The molecule has 14 atom stereocenters. The van der Waals surface area contributed by atoms with Crippen LogP contribution in [0.5, 0.6) is 0 Å². The molecule has 4 aliphatic heterocycles. The number of amides is 2. The smallest absolute Gasteiger partial charge is 0.249 e. The van der Waals surface area contributed by atoms with Crippen molar-refractivity contribution in [2.75, 3.05) is 27.6 Å². The van der Waals surface area contributed by atoms with Gasteiger partial charge in [0, 0.05) is 32.3 Å². The Morgan fingerprint density at radius 2 is 1.82 bits per heavy atom. The van der Waals surface area contributed by atoms with Gasteiger partial charge in [-0.1, -0.05) is 0 Å². The average molecular weight is 562 g/mol. The normalized spacial score (nSPS) is 48.5. The van der Waals surface area contributed by atoms with E-state index < -0.39 is 6.10 Å². The number of rotatable bonds is 6. The average Bonchev–Trinajstić information content (AvgIpc) is 3.57. The molecule has 0 spiro atoms. The van der Waals surface area contributed by atoms with Crippen LogP contribution in [0, 0.1) is 23.7 Å². The zero-order valence-corrected chi connectivity index (χ0v) is 24.2. The summed E-state index contributed by atoms with van der Waals surface area (Å²) in [5.74, 6) is 1.29. The van der Waals surface area contributed by atoms with E-state index in [4.69, 9.17) is 23.7 Å². The van der Waals surface area contributed by atoms with Gasteiger partial charge in [0.25, 0.3) is 0 Å². The lowest BCUT2D eigenvalue weighted by atomic mass is 9.64. The second kappa shape index (κ2) is 11.1. The molecule has 4 heterocycles. The first-order valence-electron chi connectivity index (χ1n) is 15.8. The molecular weight excluding hydrogens is 514 g/mol. The lowest BCUT2D eigenvalue weighted by molar-refractivity contribution is -0.175. The Balaban J connectivity index is 1.01. The van der Waals surface area contributed by atoms with E-state index in [0.29, 0.717) is 30.6 Å². The van der Waals surface area contributed by atoms with Crippen LogP contribution in [0.2, 0.25) is 0 Å². The molecule has 0 bridgehead atoms. The number of methoxy groups -OCH3 is 2. The van der Waals surface area contributed by atoms with Crippen LogP contribution < -0.4 is 10.6 Å². The van der Waals surface area contributed by atoms with Crippen LogP contribution in [0.25, 0.3) is 0 Å². The predicted octanol–water partition coefficient (Wildman–Crippen LogP) is 1.60. The summed E-state index contributed by atoms with van der Waals surface area (Å²) in [7, 11) is 3.46. The largest absolute Gasteiger partial charge is 0.379 e. The molecular formula is C30H47N3O7. The minimum Gasteiger partial charge on any atom is -0.379 e. The van der Waals surface area contributed by atoms with Gasteiger partial charge in [-0.25, -0.2) is 0 Å². The van der Waals surface area contributed by atoms with Crippen molar-refractivity contribution >= 4 is 11.8 Å². The molecule has 224 valence electrons. The topological polar surface area (TPSA) is 108 Å². The molecule has 2 amide bonds. The first kappa shape index (κ1) is 27.5. The lowest BCUT2D eigenvalue weighted by Crippen LogP contribution is -2.70. The zero-order chi connectivity index (χ0) is 27.5. The summed E-state index contributed by atoms with van der Waals surface area (Å²) in [6.07, 6.45) is 7.97. The van der Waals surface area contributed by atoms with Gasteiger partial charge in [-0.2, -0.15) is 0 Å². The second-order valence-corrected chi connectivity index (χ2v) is 13.4. The van der Waals surface area contributed by atoms with Crippen LogP contribution >= 0.6 is 0 Å². The van der Waals surface area contributed by atoms with Crippen molar-refractivity contribution in [3.8, 4) is 0 Å². The predicted molar refractivity (Wildman–Crippen MR) is 144 cm³/mol. The molecule has 7 rings (SSSR count). The first-order valence-corrected chi connectivity index (χ1v) is 15.8. The Morgan fingerprint density at radius 1 is 0.975 bits per heavy atom. The highest BCUT2D eigenvalue weighted by atomic mass is 16.7. The van der Waals surface area contributed by atoms with Gasteiger partial charge in [-0.05, 0) is 89.0 Å². The number of hydrogen-bond donors (Lipinski definition) is 2. The number of hydrogen-bond acceptors (Lipinski definition) is 8. The van der Waals surface area contributed by atoms with Crippen molar-refractivity contribution < 1.29 is 33.3 Å². The summed E-state index contributed by atoms with van der Waals surface area (Å²) < 4.78 is 29.4. The SMILES string of the molecule is COC1CCC2C3NCCC4C5CC(O[C@H](C)C(=O)NC6CCC7OCOC7C6)CCC5N(C(=O)C2C1OC)C43. The maximum atomic E-state index is 14.2. The fourth-order valence-electron chi connectivity index (χ4n) is 9.94. The van der Waals surface area contributed by atoms with E-state index in [0.717, 1.165) is 64.3 Å². The first-order chi connectivity index (χ1) is 19.5. The Hall–Kier alpha value is -1.30. The molecule has 40 heavy (non-hydrogen) atoms. The summed E-state index contributed by atoms with van der Waals surface area (Å²) in [4.78, 5) is 29.6. The molecule has 0 radical (unpaired) electrons. The maximum absolute atomic E-state index is 14.2. The lowest BCUT2D eigenvalue weighted by Gasteiger charge is -2.55. The van der Waals surface area contributed by atoms with Gasteiger partial charge in [0.05, 0.1) is 42.5 Å². The summed E-state index contributed by atoms with van der Waals surface area (Å²) in [6.45, 7) is 3.24. The van der Waals surface area contributed by atoms with Crippen LogP contribution in [0.15, 0.2) is 0 Å². The molecule has 7 fully saturated rings. The molecule has 10 nitrogen and oxygen atoms in total. The minimum atomic E-state index is -0.497. The molecule has 7 aliphatic rings. The van der Waals surface area contributed by atoms with Gasteiger partial charge in [0.15, 0.2) is 0 Å². The van der Waals surface area contributed by atoms with E-state index in [2.05, 4.69) is 15.5 Å². The summed E-state index contributed by atoms with van der Waals surface area (Å²) in [5.41, 5.74) is 0. The van der Waals surface area contributed by atoms with Crippen LogP contribution in [0.3, 0.4) is 0 Å². The zero-order valence-electron chi connectivity index (χ0n) is 24.2. The van der Waals surface area contributed by atoms with E-state index in [1.165, 1.54) is 0 Å². The van der Waals surface area contributed by atoms with E-state index in [1.54, 1.807) is 14.2 Å².